The number of hydrogen-bond donors (Lipinski definition) is 1. The van der Waals surface area contributed by atoms with Crippen LogP contribution in [-0.4, -0.2) is 44.5 Å². The summed E-state index contributed by atoms with van der Waals surface area (Å²) < 4.78 is 1.97. The van der Waals surface area contributed by atoms with Crippen LogP contribution in [0.25, 0.3) is 5.52 Å². The first-order valence-electron chi connectivity index (χ1n) is 7.44. The zero-order valence-corrected chi connectivity index (χ0v) is 12.7. The van der Waals surface area contributed by atoms with Crippen LogP contribution < -0.4 is 0 Å². The van der Waals surface area contributed by atoms with Gasteiger partial charge in [0.1, 0.15) is 5.82 Å². The Kier molecular flexibility index (Phi) is 3.45. The topological polar surface area (TPSA) is 57.8 Å². The van der Waals surface area contributed by atoms with Crippen molar-refractivity contribution in [1.82, 2.24) is 14.3 Å². The van der Waals surface area contributed by atoms with Crippen LogP contribution in [0.3, 0.4) is 0 Å². The maximum Gasteiger partial charge on any atom is 0.356 e. The molecule has 1 N–H and O–H groups in total. The number of aromatic nitrogens is 2. The molecule has 0 spiro atoms. The number of hydrogen-bond acceptors (Lipinski definition) is 3. The highest BCUT2D eigenvalue weighted by Crippen LogP contribution is 2.30. The first-order chi connectivity index (χ1) is 9.99. The maximum atomic E-state index is 11.5. The van der Waals surface area contributed by atoms with Gasteiger partial charge >= 0.3 is 5.97 Å². The van der Waals surface area contributed by atoms with Gasteiger partial charge in [-0.05, 0) is 45.4 Å². The van der Waals surface area contributed by atoms with E-state index in [1.165, 1.54) is 0 Å². The molecule has 0 aromatic carbocycles. The van der Waals surface area contributed by atoms with E-state index in [1.807, 2.05) is 29.7 Å². The Morgan fingerprint density at radius 2 is 2.24 bits per heavy atom. The molecular weight excluding hydrogens is 266 g/mol. The summed E-state index contributed by atoms with van der Waals surface area (Å²) >= 11 is 0. The van der Waals surface area contributed by atoms with Gasteiger partial charge in [0.2, 0.25) is 0 Å². The quantitative estimate of drug-likeness (QED) is 0.942. The van der Waals surface area contributed by atoms with Crippen molar-refractivity contribution in [1.29, 1.82) is 0 Å². The van der Waals surface area contributed by atoms with Gasteiger partial charge in [0.15, 0.2) is 5.69 Å². The number of pyridine rings is 1. The number of nitrogens with zero attached hydrogens (tertiary/aromatic N) is 3. The Hall–Kier alpha value is -1.88. The van der Waals surface area contributed by atoms with E-state index in [1.54, 1.807) is 0 Å². The van der Waals surface area contributed by atoms with Gasteiger partial charge in [-0.15, -0.1) is 0 Å². The van der Waals surface area contributed by atoms with Crippen molar-refractivity contribution in [3.05, 3.63) is 35.4 Å². The molecule has 0 saturated carbocycles. The normalized spacial score (nSPS) is 19.7. The Morgan fingerprint density at radius 3 is 2.86 bits per heavy atom. The van der Waals surface area contributed by atoms with Crippen molar-refractivity contribution in [2.24, 2.45) is 0 Å². The molecule has 0 radical (unpaired) electrons. The van der Waals surface area contributed by atoms with Crippen LogP contribution in [0, 0.1) is 6.92 Å². The van der Waals surface area contributed by atoms with E-state index in [4.69, 9.17) is 0 Å². The van der Waals surface area contributed by atoms with Crippen molar-refractivity contribution in [2.75, 3.05) is 13.1 Å². The van der Waals surface area contributed by atoms with E-state index in [-0.39, 0.29) is 5.69 Å². The van der Waals surface area contributed by atoms with Gasteiger partial charge < -0.3 is 14.4 Å². The third-order valence-electron chi connectivity index (χ3n) is 4.41. The van der Waals surface area contributed by atoms with Crippen LogP contribution in [0.5, 0.6) is 0 Å². The fourth-order valence-corrected chi connectivity index (χ4v) is 3.23. The fraction of sp³-hybridized carbons (Fsp3) is 0.500. The second-order valence-electron chi connectivity index (χ2n) is 6.11. The molecule has 2 aromatic rings. The van der Waals surface area contributed by atoms with Crippen LogP contribution >= 0.6 is 0 Å². The van der Waals surface area contributed by atoms with E-state index in [0.717, 1.165) is 36.4 Å². The number of rotatable bonds is 3. The van der Waals surface area contributed by atoms with Gasteiger partial charge in [0.25, 0.3) is 0 Å². The van der Waals surface area contributed by atoms with E-state index in [9.17, 15) is 9.90 Å². The Bertz CT molecular complexity index is 690. The number of imidazole rings is 1. The van der Waals surface area contributed by atoms with E-state index in [0.29, 0.717) is 12.0 Å². The lowest BCUT2D eigenvalue weighted by molar-refractivity contribution is 0.0693. The zero-order valence-electron chi connectivity index (χ0n) is 12.7. The SMILES string of the molecule is Cc1cccn2c(C3CCN(C(C)C)C3)nc(C(=O)O)c12. The predicted octanol–water partition coefficient (Wildman–Crippen LogP) is 2.54. The minimum absolute atomic E-state index is 0.172. The first kappa shape index (κ1) is 14.1. The summed E-state index contributed by atoms with van der Waals surface area (Å²) in [6, 6.07) is 4.40. The lowest BCUT2D eigenvalue weighted by Crippen LogP contribution is -2.28. The Labute approximate surface area is 124 Å². The molecule has 2 aromatic heterocycles. The highest BCUT2D eigenvalue weighted by atomic mass is 16.4. The van der Waals surface area contributed by atoms with Crippen molar-refractivity contribution >= 4 is 11.5 Å². The number of carboxylic acid groups (broad SMARTS) is 1. The minimum Gasteiger partial charge on any atom is -0.476 e. The third-order valence-corrected chi connectivity index (χ3v) is 4.41. The molecule has 0 aliphatic carbocycles. The average Bonchev–Trinajstić information content (AvgIpc) is 3.02. The molecule has 3 heterocycles. The molecule has 1 unspecified atom stereocenters. The lowest BCUT2D eigenvalue weighted by atomic mass is 10.1. The van der Waals surface area contributed by atoms with Crippen LogP contribution in [0.15, 0.2) is 18.3 Å². The van der Waals surface area contributed by atoms with Crippen LogP contribution in [0.2, 0.25) is 0 Å². The third kappa shape index (κ3) is 2.31. The second kappa shape index (κ2) is 5.15. The summed E-state index contributed by atoms with van der Waals surface area (Å²) in [4.78, 5) is 18.4. The summed E-state index contributed by atoms with van der Waals surface area (Å²) in [6.45, 7) is 8.31. The number of likely N-dealkylation sites (tertiary alicyclic amines) is 1. The van der Waals surface area contributed by atoms with Crippen molar-refractivity contribution in [3.63, 3.8) is 0 Å². The Morgan fingerprint density at radius 1 is 1.48 bits per heavy atom. The number of aromatic carboxylic acids is 1. The highest BCUT2D eigenvalue weighted by molar-refractivity contribution is 5.94. The largest absolute Gasteiger partial charge is 0.476 e. The van der Waals surface area contributed by atoms with Gasteiger partial charge in [0.05, 0.1) is 5.52 Å². The first-order valence-corrected chi connectivity index (χ1v) is 7.44. The monoisotopic (exact) mass is 287 g/mol. The van der Waals surface area contributed by atoms with E-state index in [2.05, 4.69) is 23.7 Å². The van der Waals surface area contributed by atoms with Crippen LogP contribution in [-0.2, 0) is 0 Å². The smallest absolute Gasteiger partial charge is 0.356 e. The van der Waals surface area contributed by atoms with Gasteiger partial charge in [-0.1, -0.05) is 6.07 Å². The van der Waals surface area contributed by atoms with Gasteiger partial charge in [-0.2, -0.15) is 0 Å². The van der Waals surface area contributed by atoms with Crippen LogP contribution in [0.1, 0.15) is 48.1 Å². The van der Waals surface area contributed by atoms with Crippen molar-refractivity contribution in [3.8, 4) is 0 Å². The number of aryl methyl sites for hydroxylation is 1. The number of carboxylic acids is 1. The second-order valence-corrected chi connectivity index (χ2v) is 6.11. The molecule has 1 atom stereocenters. The fourth-order valence-electron chi connectivity index (χ4n) is 3.23. The number of fused-ring (bicyclic) bond motifs is 1. The molecular formula is C16H21N3O2. The summed E-state index contributed by atoms with van der Waals surface area (Å²) in [5.74, 6) is 0.232. The molecule has 21 heavy (non-hydrogen) atoms. The van der Waals surface area contributed by atoms with Crippen LogP contribution in [0.4, 0.5) is 0 Å². The molecule has 0 bridgehead atoms. The maximum absolute atomic E-state index is 11.5. The predicted molar refractivity (Wildman–Crippen MR) is 81.0 cm³/mol. The molecule has 5 heteroatoms. The summed E-state index contributed by atoms with van der Waals surface area (Å²) in [5, 5.41) is 9.42. The molecule has 5 nitrogen and oxygen atoms in total. The van der Waals surface area contributed by atoms with E-state index >= 15 is 0 Å². The zero-order chi connectivity index (χ0) is 15.1. The highest BCUT2D eigenvalue weighted by Gasteiger charge is 2.30. The van der Waals surface area contributed by atoms with Gasteiger partial charge in [-0.3, -0.25) is 0 Å². The molecule has 112 valence electrons. The molecule has 1 saturated heterocycles. The molecule has 1 aliphatic rings. The molecule has 1 aliphatic heterocycles. The average molecular weight is 287 g/mol. The Balaban J connectivity index is 2.08. The van der Waals surface area contributed by atoms with E-state index < -0.39 is 5.97 Å². The standard InChI is InChI=1S/C16H21N3O2/c1-10(2)18-8-6-12(9-18)15-17-13(16(20)21)14-11(3)5-4-7-19(14)15/h4-5,7,10,12H,6,8-9H2,1-3H3,(H,20,21). The number of carbonyl (C=O) groups is 1. The summed E-state index contributed by atoms with van der Waals surface area (Å²) in [6.07, 6.45) is 2.96. The minimum atomic E-state index is -0.952. The van der Waals surface area contributed by atoms with Crippen molar-refractivity contribution < 1.29 is 9.90 Å². The summed E-state index contributed by atoms with van der Waals surface area (Å²) in [5.41, 5.74) is 1.85. The van der Waals surface area contributed by atoms with Gasteiger partial charge in [0, 0.05) is 24.7 Å². The lowest BCUT2D eigenvalue weighted by Gasteiger charge is -2.19. The summed E-state index contributed by atoms with van der Waals surface area (Å²) in [7, 11) is 0. The van der Waals surface area contributed by atoms with Crippen molar-refractivity contribution in [2.45, 2.75) is 39.2 Å². The molecule has 1 fully saturated rings. The molecule has 3 rings (SSSR count). The molecule has 0 amide bonds. The van der Waals surface area contributed by atoms with Gasteiger partial charge in [-0.25, -0.2) is 9.78 Å².